The minimum atomic E-state index is -0.293. The molecule has 0 spiro atoms. The fourth-order valence-corrected chi connectivity index (χ4v) is 2.01. The van der Waals surface area contributed by atoms with Gasteiger partial charge in [0.15, 0.2) is 0 Å². The molecule has 0 aliphatic heterocycles. The number of aromatic nitrogens is 2. The van der Waals surface area contributed by atoms with Crippen molar-refractivity contribution < 1.29 is 9.90 Å². The summed E-state index contributed by atoms with van der Waals surface area (Å²) >= 11 is 0. The molecule has 0 saturated heterocycles. The number of aliphatic hydroxyl groups excluding tert-OH is 1. The first-order valence-electron chi connectivity index (χ1n) is 6.79. The van der Waals surface area contributed by atoms with Crippen LogP contribution in [0.2, 0.25) is 0 Å². The van der Waals surface area contributed by atoms with E-state index in [-0.39, 0.29) is 18.6 Å². The van der Waals surface area contributed by atoms with Crippen LogP contribution >= 0.6 is 0 Å². The highest BCUT2D eigenvalue weighted by Crippen LogP contribution is 2.03. The zero-order valence-corrected chi connectivity index (χ0v) is 11.9. The molecule has 0 aliphatic rings. The highest BCUT2D eigenvalue weighted by atomic mass is 16.3. The number of nitrogens with zero attached hydrogens (tertiary/aromatic N) is 2. The van der Waals surface area contributed by atoms with Crippen LogP contribution in [0.3, 0.4) is 0 Å². The lowest BCUT2D eigenvalue weighted by atomic mass is 10.1. The maximum Gasteiger partial charge on any atom is 0.244 e. The summed E-state index contributed by atoms with van der Waals surface area (Å²) in [5.41, 5.74) is 1.93. The van der Waals surface area contributed by atoms with Crippen LogP contribution in [-0.4, -0.2) is 33.4 Å². The van der Waals surface area contributed by atoms with Crippen molar-refractivity contribution in [2.75, 3.05) is 6.61 Å². The van der Waals surface area contributed by atoms with Gasteiger partial charge in [-0.3, -0.25) is 9.48 Å². The van der Waals surface area contributed by atoms with Gasteiger partial charge in [-0.15, -0.1) is 0 Å². The van der Waals surface area contributed by atoms with Gasteiger partial charge in [-0.25, -0.2) is 0 Å². The molecule has 5 nitrogen and oxygen atoms in total. The molecule has 21 heavy (non-hydrogen) atoms. The Labute approximate surface area is 123 Å². The minimum Gasteiger partial charge on any atom is -0.394 e. The molecule has 0 aliphatic carbocycles. The van der Waals surface area contributed by atoms with Crippen molar-refractivity contribution in [3.8, 4) is 0 Å². The summed E-state index contributed by atoms with van der Waals surface area (Å²) in [7, 11) is 1.82. The topological polar surface area (TPSA) is 67.2 Å². The predicted octanol–water partition coefficient (Wildman–Crippen LogP) is 1.15. The zero-order valence-electron chi connectivity index (χ0n) is 11.9. The molecule has 1 unspecified atom stereocenters. The van der Waals surface area contributed by atoms with Gasteiger partial charge in [0.05, 0.1) is 18.8 Å². The van der Waals surface area contributed by atoms with Gasteiger partial charge in [-0.05, 0) is 18.1 Å². The standard InChI is InChI=1S/C16H19N3O2/c1-19-11-14(10-17-19)7-8-16(21)18-15(12-20)9-13-5-3-2-4-6-13/h2-8,10-11,15,20H,9,12H2,1H3,(H,18,21). The first-order valence-corrected chi connectivity index (χ1v) is 6.79. The van der Waals surface area contributed by atoms with Crippen molar-refractivity contribution >= 4 is 12.0 Å². The van der Waals surface area contributed by atoms with E-state index in [1.54, 1.807) is 17.0 Å². The molecule has 1 atom stereocenters. The number of rotatable bonds is 6. The van der Waals surface area contributed by atoms with Gasteiger partial charge in [0.25, 0.3) is 0 Å². The maximum absolute atomic E-state index is 11.8. The van der Waals surface area contributed by atoms with Crippen LogP contribution in [0.25, 0.3) is 6.08 Å². The number of nitrogens with one attached hydrogen (secondary N) is 1. The lowest BCUT2D eigenvalue weighted by Gasteiger charge is -2.15. The van der Waals surface area contributed by atoms with Gasteiger partial charge < -0.3 is 10.4 Å². The minimum absolute atomic E-state index is 0.0959. The third-order valence-corrected chi connectivity index (χ3v) is 3.04. The van der Waals surface area contributed by atoms with Gasteiger partial charge in [-0.2, -0.15) is 5.10 Å². The summed E-state index contributed by atoms with van der Waals surface area (Å²) in [5.74, 6) is -0.228. The first kappa shape index (κ1) is 15.0. The summed E-state index contributed by atoms with van der Waals surface area (Å²) in [6, 6.07) is 9.47. The van der Waals surface area contributed by atoms with Crippen molar-refractivity contribution in [1.82, 2.24) is 15.1 Å². The molecule has 0 saturated carbocycles. The van der Waals surface area contributed by atoms with Crippen molar-refractivity contribution in [3.63, 3.8) is 0 Å². The summed E-state index contributed by atoms with van der Waals surface area (Å²) in [6.07, 6.45) is 7.24. The van der Waals surface area contributed by atoms with Gasteiger partial charge in [0.2, 0.25) is 5.91 Å². The molecule has 110 valence electrons. The summed E-state index contributed by atoms with van der Waals surface area (Å²) < 4.78 is 1.67. The Hall–Kier alpha value is -2.40. The van der Waals surface area contributed by atoms with Crippen LogP contribution in [0, 0.1) is 0 Å². The maximum atomic E-state index is 11.8. The molecule has 2 aromatic rings. The zero-order chi connectivity index (χ0) is 15.1. The van der Waals surface area contributed by atoms with E-state index in [9.17, 15) is 9.90 Å². The van der Waals surface area contributed by atoms with Gasteiger partial charge in [0, 0.05) is 24.9 Å². The largest absolute Gasteiger partial charge is 0.394 e. The number of aliphatic hydroxyl groups is 1. The Kier molecular flexibility index (Phi) is 5.29. The summed E-state index contributed by atoms with van der Waals surface area (Å²) in [6.45, 7) is -0.0959. The van der Waals surface area contributed by atoms with Gasteiger partial charge in [-0.1, -0.05) is 30.3 Å². The van der Waals surface area contributed by atoms with E-state index in [1.807, 2.05) is 43.6 Å². The van der Waals surface area contributed by atoms with Crippen LogP contribution in [-0.2, 0) is 18.3 Å². The van der Waals surface area contributed by atoms with E-state index in [0.717, 1.165) is 11.1 Å². The second-order valence-electron chi connectivity index (χ2n) is 4.86. The Morgan fingerprint density at radius 3 is 2.81 bits per heavy atom. The predicted molar refractivity (Wildman–Crippen MR) is 81.4 cm³/mol. The van der Waals surface area contributed by atoms with Crippen LogP contribution in [0.4, 0.5) is 0 Å². The van der Waals surface area contributed by atoms with E-state index in [2.05, 4.69) is 10.4 Å². The second-order valence-corrected chi connectivity index (χ2v) is 4.86. The quantitative estimate of drug-likeness (QED) is 0.783. The normalized spacial score (nSPS) is 12.5. The lowest BCUT2D eigenvalue weighted by molar-refractivity contribution is -0.117. The first-order chi connectivity index (χ1) is 10.2. The molecular formula is C16H19N3O2. The molecule has 2 rings (SSSR count). The second kappa shape index (κ2) is 7.40. The van der Waals surface area contributed by atoms with Crippen molar-refractivity contribution in [1.29, 1.82) is 0 Å². The number of aryl methyl sites for hydroxylation is 1. The summed E-state index contributed by atoms with van der Waals surface area (Å²) in [5, 5.41) is 16.2. The summed E-state index contributed by atoms with van der Waals surface area (Å²) in [4.78, 5) is 11.8. The lowest BCUT2D eigenvalue weighted by Crippen LogP contribution is -2.38. The van der Waals surface area contributed by atoms with Crippen LogP contribution in [0.15, 0.2) is 48.8 Å². The van der Waals surface area contributed by atoms with Crippen molar-refractivity contribution in [2.24, 2.45) is 7.05 Å². The molecule has 1 amide bonds. The third kappa shape index (κ3) is 4.89. The van der Waals surface area contributed by atoms with Crippen LogP contribution in [0.5, 0.6) is 0 Å². The Morgan fingerprint density at radius 1 is 1.43 bits per heavy atom. The van der Waals surface area contributed by atoms with Gasteiger partial charge >= 0.3 is 0 Å². The smallest absolute Gasteiger partial charge is 0.244 e. The third-order valence-electron chi connectivity index (χ3n) is 3.04. The monoisotopic (exact) mass is 285 g/mol. The Morgan fingerprint density at radius 2 is 2.19 bits per heavy atom. The number of carbonyl (C=O) groups is 1. The fourth-order valence-electron chi connectivity index (χ4n) is 2.01. The number of hydrogen-bond acceptors (Lipinski definition) is 3. The molecule has 1 heterocycles. The number of hydrogen-bond donors (Lipinski definition) is 2. The molecule has 1 aromatic carbocycles. The molecular weight excluding hydrogens is 266 g/mol. The SMILES string of the molecule is Cn1cc(C=CC(=O)NC(CO)Cc2ccccc2)cn1. The average molecular weight is 285 g/mol. The van der Waals surface area contributed by atoms with Gasteiger partial charge in [0.1, 0.15) is 0 Å². The highest BCUT2D eigenvalue weighted by molar-refractivity contribution is 5.91. The van der Waals surface area contributed by atoms with E-state index in [1.165, 1.54) is 6.08 Å². The number of benzene rings is 1. The van der Waals surface area contributed by atoms with E-state index in [0.29, 0.717) is 6.42 Å². The molecule has 1 aromatic heterocycles. The molecule has 0 radical (unpaired) electrons. The number of amides is 1. The molecule has 2 N–H and O–H groups in total. The van der Waals surface area contributed by atoms with Crippen LogP contribution < -0.4 is 5.32 Å². The molecule has 0 bridgehead atoms. The fraction of sp³-hybridized carbons (Fsp3) is 0.250. The van der Waals surface area contributed by atoms with Crippen molar-refractivity contribution in [2.45, 2.75) is 12.5 Å². The Bertz CT molecular complexity index is 605. The highest BCUT2D eigenvalue weighted by Gasteiger charge is 2.10. The average Bonchev–Trinajstić information content (AvgIpc) is 2.91. The number of carbonyl (C=O) groups excluding carboxylic acids is 1. The van der Waals surface area contributed by atoms with E-state index < -0.39 is 0 Å². The van der Waals surface area contributed by atoms with Crippen LogP contribution in [0.1, 0.15) is 11.1 Å². The van der Waals surface area contributed by atoms with Crippen molar-refractivity contribution in [3.05, 3.63) is 59.9 Å². The Balaban J connectivity index is 1.89. The van der Waals surface area contributed by atoms with E-state index >= 15 is 0 Å². The van der Waals surface area contributed by atoms with E-state index in [4.69, 9.17) is 0 Å². The molecule has 0 fully saturated rings. The molecule has 5 heteroatoms.